The van der Waals surface area contributed by atoms with Gasteiger partial charge in [0.15, 0.2) is 0 Å². The van der Waals surface area contributed by atoms with Gasteiger partial charge in [0.2, 0.25) is 5.91 Å². The van der Waals surface area contributed by atoms with Gasteiger partial charge in [-0.3, -0.25) is 9.59 Å². The summed E-state index contributed by atoms with van der Waals surface area (Å²) >= 11 is 0. The molecule has 0 aliphatic carbocycles. The monoisotopic (exact) mass is 379 g/mol. The molecule has 2 bridgehead atoms. The number of aryl methyl sites for hydroxylation is 1. The predicted molar refractivity (Wildman–Crippen MR) is 111 cm³/mol. The summed E-state index contributed by atoms with van der Waals surface area (Å²) < 4.78 is 1.96. The second-order valence-corrected chi connectivity index (χ2v) is 8.24. The molecular weight excluding hydrogens is 350 g/mol. The highest BCUT2D eigenvalue weighted by molar-refractivity contribution is 5.78. The first-order valence-electron chi connectivity index (χ1n) is 10.3. The van der Waals surface area contributed by atoms with Gasteiger partial charge in [0.05, 0.1) is 12.5 Å². The van der Waals surface area contributed by atoms with Crippen molar-refractivity contribution in [1.82, 2.24) is 14.8 Å². The van der Waals surface area contributed by atoms with E-state index in [0.717, 1.165) is 37.3 Å². The van der Waals surface area contributed by atoms with Crippen LogP contribution in [0.25, 0.3) is 0 Å². The average molecular weight is 380 g/mol. The highest BCUT2D eigenvalue weighted by atomic mass is 16.1. The third kappa shape index (κ3) is 3.76. The Balaban J connectivity index is 1.51. The first kappa shape index (κ1) is 18.9. The van der Waals surface area contributed by atoms with Crippen molar-refractivity contribution in [3.05, 3.63) is 69.6 Å². The number of likely N-dealkylation sites (N-methyl/N-ethyl adjacent to an activating group) is 1. The van der Waals surface area contributed by atoms with Crippen LogP contribution in [-0.2, 0) is 11.2 Å². The summed E-state index contributed by atoms with van der Waals surface area (Å²) in [4.78, 5) is 27.7. The minimum atomic E-state index is 0.0136. The lowest BCUT2D eigenvalue weighted by Crippen LogP contribution is -2.52. The van der Waals surface area contributed by atoms with E-state index in [9.17, 15) is 9.59 Å². The molecule has 3 heterocycles. The van der Waals surface area contributed by atoms with Gasteiger partial charge < -0.3 is 14.8 Å². The summed E-state index contributed by atoms with van der Waals surface area (Å²) in [5, 5.41) is 3.10. The standard InChI is InChI=1S/C23H29N3O2/c1-3-25-14-18-12-19(15-25)21(26-20(18)5-4-6-23(26)28)13-24-22(27)11-17-9-7-16(2)8-10-17/h4-10,18-19,21H,3,11-15H2,1-2H3,(H,24,27)/t18-,19+,21+/m1/s1. The lowest BCUT2D eigenvalue weighted by Gasteiger charge is -2.46. The number of nitrogens with one attached hydrogen (secondary N) is 1. The Labute approximate surface area is 166 Å². The maximum absolute atomic E-state index is 12.7. The Bertz CT molecular complexity index is 903. The Hall–Kier alpha value is -2.40. The normalized spacial score (nSPS) is 23.9. The Morgan fingerprint density at radius 1 is 1.14 bits per heavy atom. The molecular formula is C23H29N3O2. The predicted octanol–water partition coefficient (Wildman–Crippen LogP) is 2.50. The van der Waals surface area contributed by atoms with Crippen molar-refractivity contribution in [2.24, 2.45) is 5.92 Å². The van der Waals surface area contributed by atoms with Crippen LogP contribution in [0.3, 0.4) is 0 Å². The number of carbonyl (C=O) groups excluding carboxylic acids is 1. The maximum atomic E-state index is 12.7. The largest absolute Gasteiger partial charge is 0.354 e. The molecule has 0 unspecified atom stereocenters. The molecule has 3 atom stereocenters. The number of pyridine rings is 1. The number of likely N-dealkylation sites (tertiary alicyclic amines) is 1. The minimum absolute atomic E-state index is 0.0136. The SMILES string of the molecule is CCN1C[C@H]2C[C@@H](C1)[C@H](CNC(=O)Cc1ccc(C)cc1)n1c2cccc1=O. The van der Waals surface area contributed by atoms with Crippen molar-refractivity contribution < 1.29 is 4.79 Å². The summed E-state index contributed by atoms with van der Waals surface area (Å²) in [6.45, 7) is 7.78. The summed E-state index contributed by atoms with van der Waals surface area (Å²) in [6.07, 6.45) is 1.47. The molecule has 2 aromatic rings. The van der Waals surface area contributed by atoms with Gasteiger partial charge in [-0.1, -0.05) is 42.8 Å². The maximum Gasteiger partial charge on any atom is 0.251 e. The second-order valence-electron chi connectivity index (χ2n) is 8.24. The molecule has 0 radical (unpaired) electrons. The van der Waals surface area contributed by atoms with Crippen molar-refractivity contribution in [2.45, 2.75) is 38.6 Å². The van der Waals surface area contributed by atoms with Crippen LogP contribution in [0.4, 0.5) is 0 Å². The van der Waals surface area contributed by atoms with Crippen LogP contribution in [-0.4, -0.2) is 41.6 Å². The molecule has 148 valence electrons. The number of aromatic nitrogens is 1. The number of carbonyl (C=O) groups is 1. The van der Waals surface area contributed by atoms with Crippen LogP contribution < -0.4 is 10.9 Å². The topological polar surface area (TPSA) is 54.3 Å². The molecule has 2 aliphatic rings. The lowest BCUT2D eigenvalue weighted by molar-refractivity contribution is -0.120. The van der Waals surface area contributed by atoms with Gasteiger partial charge in [-0.15, -0.1) is 0 Å². The quantitative estimate of drug-likeness (QED) is 0.868. The van der Waals surface area contributed by atoms with Crippen molar-refractivity contribution in [3.8, 4) is 0 Å². The number of hydrogen-bond donors (Lipinski definition) is 1. The smallest absolute Gasteiger partial charge is 0.251 e. The summed E-state index contributed by atoms with van der Waals surface area (Å²) in [6, 6.07) is 13.7. The molecule has 2 aliphatic heterocycles. The highest BCUT2D eigenvalue weighted by Crippen LogP contribution is 2.40. The van der Waals surface area contributed by atoms with Crippen molar-refractivity contribution in [1.29, 1.82) is 0 Å². The van der Waals surface area contributed by atoms with Gasteiger partial charge in [0.25, 0.3) is 5.56 Å². The Morgan fingerprint density at radius 3 is 2.68 bits per heavy atom. The number of amides is 1. The van der Waals surface area contributed by atoms with Crippen molar-refractivity contribution in [2.75, 3.05) is 26.2 Å². The molecule has 1 N–H and O–H groups in total. The number of nitrogens with zero attached hydrogens (tertiary/aromatic N) is 2. The molecule has 0 saturated carbocycles. The Morgan fingerprint density at radius 2 is 1.93 bits per heavy atom. The second kappa shape index (κ2) is 7.92. The summed E-state index contributed by atoms with van der Waals surface area (Å²) in [7, 11) is 0. The van der Waals surface area contributed by atoms with Gasteiger partial charge in [-0.25, -0.2) is 0 Å². The van der Waals surface area contributed by atoms with E-state index in [4.69, 9.17) is 0 Å². The van der Waals surface area contributed by atoms with Crippen LogP contribution in [0.5, 0.6) is 0 Å². The van der Waals surface area contributed by atoms with Gasteiger partial charge in [-0.2, -0.15) is 0 Å². The number of benzene rings is 1. The van der Waals surface area contributed by atoms with E-state index in [1.165, 1.54) is 5.56 Å². The van der Waals surface area contributed by atoms with Crippen LogP contribution in [0, 0.1) is 12.8 Å². The molecule has 5 heteroatoms. The van der Waals surface area contributed by atoms with E-state index in [1.807, 2.05) is 41.8 Å². The van der Waals surface area contributed by atoms with Crippen LogP contribution in [0.1, 0.15) is 42.1 Å². The fourth-order valence-corrected chi connectivity index (χ4v) is 4.83. The number of piperidine rings is 1. The Kier molecular flexibility index (Phi) is 5.36. The third-order valence-electron chi connectivity index (χ3n) is 6.31. The summed E-state index contributed by atoms with van der Waals surface area (Å²) in [5.74, 6) is 0.817. The van der Waals surface area contributed by atoms with Gasteiger partial charge >= 0.3 is 0 Å². The fourth-order valence-electron chi connectivity index (χ4n) is 4.83. The van der Waals surface area contributed by atoms with E-state index < -0.39 is 0 Å². The third-order valence-corrected chi connectivity index (χ3v) is 6.31. The first-order chi connectivity index (χ1) is 13.5. The van der Waals surface area contributed by atoms with Crippen LogP contribution in [0.15, 0.2) is 47.3 Å². The van der Waals surface area contributed by atoms with Crippen LogP contribution in [0.2, 0.25) is 0 Å². The zero-order chi connectivity index (χ0) is 19.7. The van der Waals surface area contributed by atoms with E-state index in [2.05, 4.69) is 23.2 Å². The molecule has 0 spiro atoms. The molecule has 4 rings (SSSR count). The van der Waals surface area contributed by atoms with Crippen molar-refractivity contribution >= 4 is 5.91 Å². The first-order valence-corrected chi connectivity index (χ1v) is 10.3. The molecule has 1 amide bonds. The number of fused-ring (bicyclic) bond motifs is 4. The van der Waals surface area contributed by atoms with Gasteiger partial charge in [0, 0.05) is 37.3 Å². The average Bonchev–Trinajstić information content (AvgIpc) is 2.70. The number of rotatable bonds is 5. The minimum Gasteiger partial charge on any atom is -0.354 e. The molecule has 1 aromatic carbocycles. The van der Waals surface area contributed by atoms with E-state index >= 15 is 0 Å². The molecule has 28 heavy (non-hydrogen) atoms. The van der Waals surface area contributed by atoms with Gasteiger partial charge in [-0.05, 0) is 37.4 Å². The molecule has 5 nitrogen and oxygen atoms in total. The van der Waals surface area contributed by atoms with Gasteiger partial charge in [0.1, 0.15) is 0 Å². The highest BCUT2D eigenvalue weighted by Gasteiger charge is 2.40. The zero-order valence-corrected chi connectivity index (χ0v) is 16.7. The zero-order valence-electron chi connectivity index (χ0n) is 16.7. The van der Waals surface area contributed by atoms with E-state index in [0.29, 0.717) is 24.8 Å². The fraction of sp³-hybridized carbons (Fsp3) is 0.478. The molecule has 1 saturated heterocycles. The molecule has 1 fully saturated rings. The molecule has 1 aromatic heterocycles. The van der Waals surface area contributed by atoms with E-state index in [1.54, 1.807) is 6.07 Å². The number of hydrogen-bond acceptors (Lipinski definition) is 3. The summed E-state index contributed by atoms with van der Waals surface area (Å²) in [5.41, 5.74) is 3.38. The van der Waals surface area contributed by atoms with Crippen molar-refractivity contribution in [3.63, 3.8) is 0 Å². The van der Waals surface area contributed by atoms with Crippen LogP contribution >= 0.6 is 0 Å². The lowest BCUT2D eigenvalue weighted by atomic mass is 9.78. The van der Waals surface area contributed by atoms with E-state index in [-0.39, 0.29) is 17.5 Å².